The number of rotatable bonds is 4. The zero-order valence-corrected chi connectivity index (χ0v) is 10.5. The molecule has 0 atom stereocenters. The van der Waals surface area contributed by atoms with Gasteiger partial charge in [-0.1, -0.05) is 23.2 Å². The Kier molecular flexibility index (Phi) is 3.64. The molecule has 0 bridgehead atoms. The molecule has 92 valence electrons. The van der Waals surface area contributed by atoms with Crippen molar-refractivity contribution in [1.82, 2.24) is 5.32 Å². The number of nitrogens with one attached hydrogen (secondary N) is 1. The molecule has 1 aromatic rings. The Hall–Kier alpha value is -1.13. The molecular weight excluding hydrogens is 263 g/mol. The smallest absolute Gasteiger partial charge is 0.258 e. The molecule has 2 rings (SSSR count). The zero-order chi connectivity index (χ0) is 12.4. The summed E-state index contributed by atoms with van der Waals surface area (Å²) in [5.74, 6) is 0.211. The number of anilines is 1. The third-order valence-electron chi connectivity index (χ3n) is 2.35. The Bertz CT molecular complexity index is 447. The van der Waals surface area contributed by atoms with Crippen molar-refractivity contribution in [2.45, 2.75) is 18.9 Å². The predicted octanol–water partition coefficient (Wildman–Crippen LogP) is 2.23. The first kappa shape index (κ1) is 12.3. The quantitative estimate of drug-likeness (QED) is 0.828. The molecule has 0 heterocycles. The summed E-state index contributed by atoms with van der Waals surface area (Å²) in [6, 6.07) is 3.32. The summed E-state index contributed by atoms with van der Waals surface area (Å²) in [7, 11) is 0. The molecule has 1 aromatic carbocycles. The van der Waals surface area contributed by atoms with Gasteiger partial charge in [0.05, 0.1) is 15.7 Å². The van der Waals surface area contributed by atoms with E-state index >= 15 is 0 Å². The van der Waals surface area contributed by atoms with Crippen LogP contribution in [0.5, 0.6) is 5.75 Å². The van der Waals surface area contributed by atoms with Crippen molar-refractivity contribution in [3.05, 3.63) is 22.2 Å². The zero-order valence-electron chi connectivity index (χ0n) is 9.00. The maximum Gasteiger partial charge on any atom is 0.258 e. The Morgan fingerprint density at radius 1 is 1.41 bits per heavy atom. The lowest BCUT2D eigenvalue weighted by atomic mass is 10.3. The van der Waals surface area contributed by atoms with E-state index in [2.05, 4.69) is 5.32 Å². The van der Waals surface area contributed by atoms with Gasteiger partial charge in [0.1, 0.15) is 5.75 Å². The average Bonchev–Trinajstić information content (AvgIpc) is 3.05. The van der Waals surface area contributed by atoms with E-state index in [0.29, 0.717) is 27.5 Å². The number of ether oxygens (including phenoxy) is 1. The Balaban J connectivity index is 1.93. The SMILES string of the molecule is Nc1cc(Cl)c(Cl)cc1OCC(=O)NC1CC1. The molecule has 0 unspecified atom stereocenters. The molecule has 6 heteroatoms. The summed E-state index contributed by atoms with van der Waals surface area (Å²) in [6.07, 6.45) is 2.08. The number of nitrogen functional groups attached to an aromatic ring is 1. The second-order valence-corrected chi connectivity index (χ2v) is 4.75. The Morgan fingerprint density at radius 2 is 2.06 bits per heavy atom. The second kappa shape index (κ2) is 5.02. The van der Waals surface area contributed by atoms with Crippen LogP contribution in [0.2, 0.25) is 10.0 Å². The lowest BCUT2D eigenvalue weighted by Gasteiger charge is -2.10. The highest BCUT2D eigenvalue weighted by Crippen LogP contribution is 2.32. The first-order valence-corrected chi connectivity index (χ1v) is 5.98. The fourth-order valence-electron chi connectivity index (χ4n) is 1.31. The minimum absolute atomic E-state index is 0.0708. The van der Waals surface area contributed by atoms with Gasteiger partial charge in [-0.05, 0) is 18.9 Å². The van der Waals surface area contributed by atoms with Crippen LogP contribution < -0.4 is 15.8 Å². The van der Waals surface area contributed by atoms with Crippen molar-refractivity contribution in [2.75, 3.05) is 12.3 Å². The van der Waals surface area contributed by atoms with Crippen molar-refractivity contribution >= 4 is 34.8 Å². The normalized spacial score (nSPS) is 14.5. The van der Waals surface area contributed by atoms with Gasteiger partial charge in [-0.2, -0.15) is 0 Å². The van der Waals surface area contributed by atoms with Crippen LogP contribution in [-0.4, -0.2) is 18.6 Å². The van der Waals surface area contributed by atoms with Gasteiger partial charge in [-0.15, -0.1) is 0 Å². The summed E-state index contributed by atoms with van der Waals surface area (Å²) in [5, 5.41) is 3.51. The van der Waals surface area contributed by atoms with Gasteiger partial charge in [-0.25, -0.2) is 0 Å². The first-order chi connectivity index (χ1) is 8.06. The van der Waals surface area contributed by atoms with Crippen LogP contribution in [0, 0.1) is 0 Å². The monoisotopic (exact) mass is 274 g/mol. The number of benzene rings is 1. The number of hydrogen-bond donors (Lipinski definition) is 2. The number of halogens is 2. The number of carbonyl (C=O) groups excluding carboxylic acids is 1. The fraction of sp³-hybridized carbons (Fsp3) is 0.364. The van der Waals surface area contributed by atoms with Crippen LogP contribution in [0.15, 0.2) is 12.1 Å². The summed E-state index contributed by atoms with van der Waals surface area (Å²) < 4.78 is 5.28. The standard InChI is InChI=1S/C11H12Cl2N2O2/c12-7-3-9(14)10(4-8(7)13)17-5-11(16)15-6-1-2-6/h3-4,6H,1-2,5,14H2,(H,15,16). The van der Waals surface area contributed by atoms with Crippen LogP contribution in [0.25, 0.3) is 0 Å². The van der Waals surface area contributed by atoms with Crippen LogP contribution in [0.4, 0.5) is 5.69 Å². The maximum atomic E-state index is 11.4. The molecule has 0 aliphatic heterocycles. The second-order valence-electron chi connectivity index (χ2n) is 3.93. The van der Waals surface area contributed by atoms with E-state index in [-0.39, 0.29) is 12.5 Å². The molecule has 4 nitrogen and oxygen atoms in total. The van der Waals surface area contributed by atoms with Crippen LogP contribution in [-0.2, 0) is 4.79 Å². The molecule has 1 saturated carbocycles. The topological polar surface area (TPSA) is 64.3 Å². The number of nitrogens with two attached hydrogens (primary N) is 1. The van der Waals surface area contributed by atoms with E-state index in [0.717, 1.165) is 12.8 Å². The molecule has 1 aliphatic rings. The highest BCUT2D eigenvalue weighted by Gasteiger charge is 2.23. The third-order valence-corrected chi connectivity index (χ3v) is 3.08. The first-order valence-electron chi connectivity index (χ1n) is 5.23. The molecule has 1 amide bonds. The van der Waals surface area contributed by atoms with E-state index in [1.807, 2.05) is 0 Å². The van der Waals surface area contributed by atoms with Gasteiger partial charge in [0.15, 0.2) is 6.61 Å². The number of carbonyl (C=O) groups is 1. The van der Waals surface area contributed by atoms with Gasteiger partial charge in [0.25, 0.3) is 5.91 Å². The minimum atomic E-state index is -0.155. The molecule has 3 N–H and O–H groups in total. The predicted molar refractivity (Wildman–Crippen MR) is 67.5 cm³/mol. The molecule has 17 heavy (non-hydrogen) atoms. The van der Waals surface area contributed by atoms with Crippen molar-refractivity contribution in [1.29, 1.82) is 0 Å². The molecule has 0 saturated heterocycles. The molecule has 0 aromatic heterocycles. The third kappa shape index (κ3) is 3.41. The van der Waals surface area contributed by atoms with Crippen LogP contribution in [0.1, 0.15) is 12.8 Å². The summed E-state index contributed by atoms with van der Waals surface area (Å²) in [5.41, 5.74) is 6.05. The highest BCUT2D eigenvalue weighted by molar-refractivity contribution is 6.42. The van der Waals surface area contributed by atoms with Gasteiger partial charge in [0.2, 0.25) is 0 Å². The van der Waals surface area contributed by atoms with E-state index in [1.165, 1.54) is 12.1 Å². The largest absolute Gasteiger partial charge is 0.482 e. The molecule has 1 fully saturated rings. The van der Waals surface area contributed by atoms with Crippen LogP contribution in [0.3, 0.4) is 0 Å². The van der Waals surface area contributed by atoms with Gasteiger partial charge in [0, 0.05) is 12.1 Å². The molecule has 0 spiro atoms. The van der Waals surface area contributed by atoms with Crippen LogP contribution >= 0.6 is 23.2 Å². The molecule has 1 aliphatic carbocycles. The summed E-state index contributed by atoms with van der Waals surface area (Å²) in [6.45, 7) is -0.0708. The van der Waals surface area contributed by atoms with Crippen molar-refractivity contribution in [2.24, 2.45) is 0 Å². The van der Waals surface area contributed by atoms with E-state index in [1.54, 1.807) is 0 Å². The van der Waals surface area contributed by atoms with Crippen molar-refractivity contribution < 1.29 is 9.53 Å². The van der Waals surface area contributed by atoms with Crippen molar-refractivity contribution in [3.8, 4) is 5.75 Å². The van der Waals surface area contributed by atoms with Gasteiger partial charge >= 0.3 is 0 Å². The van der Waals surface area contributed by atoms with Gasteiger partial charge in [-0.3, -0.25) is 4.79 Å². The lowest BCUT2D eigenvalue weighted by molar-refractivity contribution is -0.123. The summed E-state index contributed by atoms with van der Waals surface area (Å²) in [4.78, 5) is 11.4. The fourth-order valence-corrected chi connectivity index (χ4v) is 1.64. The Labute approximate surface area is 109 Å². The molecule has 0 radical (unpaired) electrons. The van der Waals surface area contributed by atoms with Crippen molar-refractivity contribution in [3.63, 3.8) is 0 Å². The van der Waals surface area contributed by atoms with Gasteiger partial charge < -0.3 is 15.8 Å². The highest BCUT2D eigenvalue weighted by atomic mass is 35.5. The average molecular weight is 275 g/mol. The lowest BCUT2D eigenvalue weighted by Crippen LogP contribution is -2.30. The number of hydrogen-bond acceptors (Lipinski definition) is 3. The Morgan fingerprint density at radius 3 is 2.71 bits per heavy atom. The van der Waals surface area contributed by atoms with E-state index in [9.17, 15) is 4.79 Å². The maximum absolute atomic E-state index is 11.4. The minimum Gasteiger partial charge on any atom is -0.482 e. The summed E-state index contributed by atoms with van der Waals surface area (Å²) >= 11 is 11.6. The number of amides is 1. The molecular formula is C11H12Cl2N2O2. The van der Waals surface area contributed by atoms with E-state index in [4.69, 9.17) is 33.7 Å². The van der Waals surface area contributed by atoms with E-state index < -0.39 is 0 Å².